The number of benzene rings is 1. The predicted molar refractivity (Wildman–Crippen MR) is 76.3 cm³/mol. The molecule has 2 aromatic rings. The Hall–Kier alpha value is -2.96. The first-order valence-corrected chi connectivity index (χ1v) is 6.17. The molecule has 108 valence electrons. The number of pyridine rings is 1. The monoisotopic (exact) mass is 287 g/mol. The van der Waals surface area contributed by atoms with Gasteiger partial charge in [-0.05, 0) is 17.7 Å². The van der Waals surface area contributed by atoms with Gasteiger partial charge in [-0.3, -0.25) is 19.7 Å². The number of amides is 1. The number of carbonyl (C=O) groups is 1. The van der Waals surface area contributed by atoms with Crippen molar-refractivity contribution in [2.45, 2.75) is 6.54 Å². The van der Waals surface area contributed by atoms with Crippen LogP contribution in [0.15, 0.2) is 47.4 Å². The number of nitrogens with one attached hydrogen (secondary N) is 1. The van der Waals surface area contributed by atoms with E-state index in [1.54, 1.807) is 24.3 Å². The molecule has 0 spiro atoms. The summed E-state index contributed by atoms with van der Waals surface area (Å²) in [6, 6.07) is 9.06. The molecule has 0 bridgehead atoms. The molecule has 0 saturated carbocycles. The minimum absolute atomic E-state index is 0.156. The van der Waals surface area contributed by atoms with E-state index in [1.807, 2.05) is 0 Å². The van der Waals surface area contributed by atoms with E-state index in [0.717, 1.165) is 6.07 Å². The van der Waals surface area contributed by atoms with Crippen LogP contribution in [0.3, 0.4) is 0 Å². The van der Waals surface area contributed by atoms with Gasteiger partial charge in [-0.1, -0.05) is 12.1 Å². The van der Waals surface area contributed by atoms with Crippen molar-refractivity contribution >= 4 is 11.6 Å². The molecule has 1 heterocycles. The maximum atomic E-state index is 11.7. The van der Waals surface area contributed by atoms with Gasteiger partial charge in [0.15, 0.2) is 0 Å². The van der Waals surface area contributed by atoms with Crippen molar-refractivity contribution in [3.05, 3.63) is 74.2 Å². The number of nitrogens with zero attached hydrogens (tertiary/aromatic N) is 2. The highest BCUT2D eigenvalue weighted by Gasteiger charge is 2.09. The Labute approximate surface area is 120 Å². The number of carbonyl (C=O) groups excluding carboxylic acids is 1. The van der Waals surface area contributed by atoms with E-state index >= 15 is 0 Å². The van der Waals surface area contributed by atoms with E-state index in [2.05, 4.69) is 5.32 Å². The molecule has 1 aromatic heterocycles. The van der Waals surface area contributed by atoms with Crippen molar-refractivity contribution in [2.75, 3.05) is 7.05 Å². The largest absolute Gasteiger partial charge is 0.355 e. The second kappa shape index (κ2) is 6.00. The summed E-state index contributed by atoms with van der Waals surface area (Å²) in [6.45, 7) is 0.158. The smallest absolute Gasteiger partial charge is 0.285 e. The summed E-state index contributed by atoms with van der Waals surface area (Å²) < 4.78 is 1.24. The fraction of sp³-hybridized carbons (Fsp3) is 0.143. The zero-order valence-electron chi connectivity index (χ0n) is 11.3. The molecule has 1 amide bonds. The highest BCUT2D eigenvalue weighted by Crippen LogP contribution is 2.10. The molecule has 0 aliphatic carbocycles. The van der Waals surface area contributed by atoms with E-state index in [9.17, 15) is 19.7 Å². The summed E-state index contributed by atoms with van der Waals surface area (Å²) in [6.07, 6.45) is 1.19. The summed E-state index contributed by atoms with van der Waals surface area (Å²) in [4.78, 5) is 33.5. The maximum absolute atomic E-state index is 11.7. The van der Waals surface area contributed by atoms with Gasteiger partial charge in [0.05, 0.1) is 17.7 Å². The van der Waals surface area contributed by atoms with Gasteiger partial charge in [0.25, 0.3) is 17.2 Å². The highest BCUT2D eigenvalue weighted by molar-refractivity contribution is 5.94. The third-order valence-electron chi connectivity index (χ3n) is 2.95. The number of hydrogen-bond donors (Lipinski definition) is 1. The van der Waals surface area contributed by atoms with Gasteiger partial charge in [-0.25, -0.2) is 0 Å². The van der Waals surface area contributed by atoms with Crippen LogP contribution in [0.1, 0.15) is 15.9 Å². The maximum Gasteiger partial charge on any atom is 0.285 e. The minimum Gasteiger partial charge on any atom is -0.355 e. The molecule has 0 atom stereocenters. The highest BCUT2D eigenvalue weighted by atomic mass is 16.6. The van der Waals surface area contributed by atoms with Crippen LogP contribution in [0, 0.1) is 10.1 Å². The molecule has 0 radical (unpaired) electrons. The van der Waals surface area contributed by atoms with Crippen LogP contribution >= 0.6 is 0 Å². The molecule has 0 aliphatic heterocycles. The van der Waals surface area contributed by atoms with Crippen molar-refractivity contribution in [2.24, 2.45) is 0 Å². The molecule has 7 heteroatoms. The Kier molecular flexibility index (Phi) is 4.13. The van der Waals surface area contributed by atoms with Crippen LogP contribution in [0.4, 0.5) is 5.69 Å². The number of hydrogen-bond acceptors (Lipinski definition) is 4. The van der Waals surface area contributed by atoms with Gasteiger partial charge in [0.2, 0.25) is 0 Å². The molecular formula is C14H13N3O4. The van der Waals surface area contributed by atoms with Gasteiger partial charge >= 0.3 is 0 Å². The van der Waals surface area contributed by atoms with Crippen molar-refractivity contribution in [3.63, 3.8) is 0 Å². The van der Waals surface area contributed by atoms with Crippen LogP contribution in [-0.2, 0) is 6.54 Å². The van der Waals surface area contributed by atoms with E-state index in [-0.39, 0.29) is 23.7 Å². The van der Waals surface area contributed by atoms with E-state index in [0.29, 0.717) is 11.1 Å². The van der Waals surface area contributed by atoms with E-state index in [4.69, 9.17) is 0 Å². The Morgan fingerprint density at radius 3 is 2.76 bits per heavy atom. The number of rotatable bonds is 4. The fourth-order valence-electron chi connectivity index (χ4n) is 1.90. The first-order valence-electron chi connectivity index (χ1n) is 6.17. The van der Waals surface area contributed by atoms with Gasteiger partial charge in [0.1, 0.15) is 0 Å². The second-order valence-electron chi connectivity index (χ2n) is 4.39. The second-order valence-corrected chi connectivity index (χ2v) is 4.39. The Bertz CT molecular complexity index is 752. The van der Waals surface area contributed by atoms with E-state index < -0.39 is 4.92 Å². The summed E-state index contributed by atoms with van der Waals surface area (Å²) in [5.41, 5.74) is 0.676. The lowest BCUT2D eigenvalue weighted by molar-refractivity contribution is -0.385. The average molecular weight is 287 g/mol. The number of aromatic nitrogens is 1. The van der Waals surface area contributed by atoms with Crippen LogP contribution < -0.4 is 10.9 Å². The lowest BCUT2D eigenvalue weighted by Gasteiger charge is -2.07. The molecule has 1 N–H and O–H groups in total. The predicted octanol–water partition coefficient (Wildman–Crippen LogP) is 1.16. The molecule has 0 fully saturated rings. The average Bonchev–Trinajstić information content (AvgIpc) is 2.48. The Morgan fingerprint density at radius 1 is 1.33 bits per heavy atom. The third-order valence-corrected chi connectivity index (χ3v) is 2.95. The third kappa shape index (κ3) is 3.33. The molecule has 0 aliphatic rings. The molecule has 21 heavy (non-hydrogen) atoms. The molecule has 7 nitrogen and oxygen atoms in total. The van der Waals surface area contributed by atoms with E-state index in [1.165, 1.54) is 23.9 Å². The quantitative estimate of drug-likeness (QED) is 0.674. The van der Waals surface area contributed by atoms with Crippen molar-refractivity contribution in [3.8, 4) is 0 Å². The zero-order valence-corrected chi connectivity index (χ0v) is 11.3. The summed E-state index contributed by atoms with van der Waals surface area (Å²) in [5, 5.41) is 13.2. The molecule has 2 rings (SSSR count). The van der Waals surface area contributed by atoms with Gasteiger partial charge < -0.3 is 9.88 Å². The fourth-order valence-corrected chi connectivity index (χ4v) is 1.90. The topological polar surface area (TPSA) is 94.2 Å². The molecule has 0 saturated heterocycles. The van der Waals surface area contributed by atoms with Gasteiger partial charge in [-0.15, -0.1) is 0 Å². The Balaban J connectivity index is 2.34. The molecule has 1 aromatic carbocycles. The number of nitro groups is 1. The SMILES string of the molecule is CNC(=O)c1cccc(Cn2cc([N+](=O)[O-])ccc2=O)c1. The van der Waals surface area contributed by atoms with Crippen LogP contribution in [0.25, 0.3) is 0 Å². The molecular weight excluding hydrogens is 274 g/mol. The van der Waals surface area contributed by atoms with Crippen LogP contribution in [0.5, 0.6) is 0 Å². The lowest BCUT2D eigenvalue weighted by atomic mass is 10.1. The summed E-state index contributed by atoms with van der Waals surface area (Å²) in [7, 11) is 1.53. The van der Waals surface area contributed by atoms with Crippen LogP contribution in [-0.4, -0.2) is 22.4 Å². The Morgan fingerprint density at radius 2 is 2.10 bits per heavy atom. The first kappa shape index (κ1) is 14.4. The summed E-state index contributed by atoms with van der Waals surface area (Å²) >= 11 is 0. The lowest BCUT2D eigenvalue weighted by Crippen LogP contribution is -2.20. The minimum atomic E-state index is -0.559. The van der Waals surface area contributed by atoms with Crippen molar-refractivity contribution in [1.29, 1.82) is 0 Å². The normalized spacial score (nSPS) is 10.1. The van der Waals surface area contributed by atoms with Gasteiger partial charge in [-0.2, -0.15) is 0 Å². The standard InChI is InChI=1S/C14H13N3O4/c1-15-14(19)11-4-2-3-10(7-11)8-16-9-12(17(20)21)5-6-13(16)18/h2-7,9H,8H2,1H3,(H,15,19). The zero-order chi connectivity index (χ0) is 15.4. The van der Waals surface area contributed by atoms with Crippen molar-refractivity contribution in [1.82, 2.24) is 9.88 Å². The first-order chi connectivity index (χ1) is 10.0. The van der Waals surface area contributed by atoms with Crippen molar-refractivity contribution < 1.29 is 9.72 Å². The summed E-state index contributed by atoms with van der Waals surface area (Å²) in [5.74, 6) is -0.233. The molecule has 0 unspecified atom stereocenters. The van der Waals surface area contributed by atoms with Gasteiger partial charge in [0, 0.05) is 24.7 Å². The van der Waals surface area contributed by atoms with Crippen LogP contribution in [0.2, 0.25) is 0 Å².